The Kier molecular flexibility index (Phi) is 6.20. The van der Waals surface area contributed by atoms with Crippen molar-refractivity contribution in [2.24, 2.45) is 5.73 Å². The summed E-state index contributed by atoms with van der Waals surface area (Å²) in [7, 11) is -2.30. The molecule has 0 saturated heterocycles. The summed E-state index contributed by atoms with van der Waals surface area (Å²) in [4.78, 5) is 0. The second kappa shape index (κ2) is 6.05. The average molecular weight is 234 g/mol. The molecule has 2 nitrogen and oxygen atoms in total. The number of hydrogen-bond acceptors (Lipinski definition) is 2. The van der Waals surface area contributed by atoms with Crippen molar-refractivity contribution in [3.63, 3.8) is 0 Å². The van der Waals surface area contributed by atoms with Crippen LogP contribution < -0.4 is 5.73 Å². The van der Waals surface area contributed by atoms with Gasteiger partial charge < -0.3 is 10.2 Å². The molecule has 0 unspecified atom stereocenters. The Morgan fingerprint density at radius 2 is 1.57 bits per heavy atom. The summed E-state index contributed by atoms with van der Waals surface area (Å²) in [5.41, 5.74) is 5.51. The molecular weight excluding hydrogens is 206 g/mol. The van der Waals surface area contributed by atoms with Gasteiger partial charge in [0.15, 0.2) is 8.32 Å². The molecule has 86 valence electrons. The van der Waals surface area contributed by atoms with Gasteiger partial charge >= 0.3 is 0 Å². The largest absolute Gasteiger partial charge is 0.418 e. The van der Waals surface area contributed by atoms with Crippen LogP contribution in [0, 0.1) is 0 Å². The van der Waals surface area contributed by atoms with Crippen LogP contribution in [0.1, 0.15) is 6.42 Å². The van der Waals surface area contributed by atoms with E-state index in [1.165, 1.54) is 12.1 Å². The Labute approximate surface area is 91.4 Å². The van der Waals surface area contributed by atoms with E-state index >= 15 is 0 Å². The van der Waals surface area contributed by atoms with Crippen LogP contribution in [0.3, 0.4) is 0 Å². The van der Waals surface area contributed by atoms with Crippen molar-refractivity contribution in [1.82, 2.24) is 0 Å². The third kappa shape index (κ3) is 8.93. The van der Waals surface area contributed by atoms with Crippen molar-refractivity contribution >= 4 is 16.4 Å². The van der Waals surface area contributed by atoms with E-state index in [0.29, 0.717) is 0 Å². The van der Waals surface area contributed by atoms with E-state index in [9.17, 15) is 0 Å². The summed E-state index contributed by atoms with van der Waals surface area (Å²) in [5, 5.41) is 0. The van der Waals surface area contributed by atoms with Crippen molar-refractivity contribution < 1.29 is 4.43 Å². The van der Waals surface area contributed by atoms with Gasteiger partial charge in [-0.15, -0.1) is 0 Å². The SMILES string of the molecule is C[Si](C)(C)CCO[Si](C)(C)CCCN. The maximum Gasteiger partial charge on any atom is 0.186 e. The molecule has 0 amide bonds. The highest BCUT2D eigenvalue weighted by atomic mass is 28.4. The van der Waals surface area contributed by atoms with Gasteiger partial charge in [0, 0.05) is 14.7 Å². The van der Waals surface area contributed by atoms with Crippen LogP contribution in [0.5, 0.6) is 0 Å². The highest BCUT2D eigenvalue weighted by Gasteiger charge is 2.22. The van der Waals surface area contributed by atoms with Crippen LogP contribution in [-0.2, 0) is 4.43 Å². The van der Waals surface area contributed by atoms with E-state index in [1.807, 2.05) is 0 Å². The molecule has 0 bridgehead atoms. The molecule has 0 aliphatic rings. The summed E-state index contributed by atoms with van der Waals surface area (Å²) in [6.07, 6.45) is 1.12. The average Bonchev–Trinajstić information content (AvgIpc) is 1.98. The van der Waals surface area contributed by atoms with E-state index < -0.39 is 16.4 Å². The van der Waals surface area contributed by atoms with E-state index in [1.54, 1.807) is 0 Å². The summed E-state index contributed by atoms with van der Waals surface area (Å²) in [6.45, 7) is 13.5. The molecule has 0 aromatic carbocycles. The molecular formula is C10H27NOSi2. The van der Waals surface area contributed by atoms with Crippen LogP contribution in [0.4, 0.5) is 0 Å². The highest BCUT2D eigenvalue weighted by molar-refractivity contribution is 6.76. The molecule has 0 heterocycles. The molecule has 2 N–H and O–H groups in total. The zero-order valence-corrected chi connectivity index (χ0v) is 12.5. The minimum absolute atomic E-state index is 0.799. The molecule has 0 fully saturated rings. The van der Waals surface area contributed by atoms with Crippen LogP contribution in [0.25, 0.3) is 0 Å². The van der Waals surface area contributed by atoms with Gasteiger partial charge in [0.1, 0.15) is 0 Å². The molecule has 14 heavy (non-hydrogen) atoms. The molecule has 0 spiro atoms. The summed E-state index contributed by atoms with van der Waals surface area (Å²) in [5.74, 6) is 0. The highest BCUT2D eigenvalue weighted by Crippen LogP contribution is 2.16. The first-order valence-corrected chi connectivity index (χ1v) is 12.4. The molecule has 0 aliphatic carbocycles. The minimum Gasteiger partial charge on any atom is -0.418 e. The zero-order chi connectivity index (χ0) is 11.2. The van der Waals surface area contributed by atoms with Gasteiger partial charge in [0.2, 0.25) is 0 Å². The van der Waals surface area contributed by atoms with E-state index in [2.05, 4.69) is 32.7 Å². The van der Waals surface area contributed by atoms with Gasteiger partial charge in [0.25, 0.3) is 0 Å². The monoisotopic (exact) mass is 233 g/mol. The number of nitrogens with two attached hydrogens (primary N) is 1. The van der Waals surface area contributed by atoms with Crippen molar-refractivity contribution in [2.45, 2.75) is 51.2 Å². The van der Waals surface area contributed by atoms with E-state index in [-0.39, 0.29) is 0 Å². The van der Waals surface area contributed by atoms with Gasteiger partial charge in [-0.1, -0.05) is 19.6 Å². The fourth-order valence-electron chi connectivity index (χ4n) is 1.23. The van der Waals surface area contributed by atoms with Crippen LogP contribution in [-0.4, -0.2) is 29.5 Å². The van der Waals surface area contributed by atoms with Crippen molar-refractivity contribution in [3.05, 3.63) is 0 Å². The maximum absolute atomic E-state index is 6.03. The fourth-order valence-corrected chi connectivity index (χ4v) is 4.01. The van der Waals surface area contributed by atoms with E-state index in [0.717, 1.165) is 19.6 Å². The standard InChI is InChI=1S/C10H27NOSi2/c1-13(2,3)10-8-12-14(4,5)9-6-7-11/h6-11H2,1-5H3. The van der Waals surface area contributed by atoms with Crippen molar-refractivity contribution in [3.8, 4) is 0 Å². The first-order valence-electron chi connectivity index (χ1n) is 5.61. The molecule has 0 aromatic heterocycles. The molecule has 0 aromatic rings. The van der Waals surface area contributed by atoms with Crippen molar-refractivity contribution in [2.75, 3.05) is 13.2 Å². The van der Waals surface area contributed by atoms with Gasteiger partial charge in [-0.2, -0.15) is 0 Å². The fraction of sp³-hybridized carbons (Fsp3) is 1.00. The first-order chi connectivity index (χ1) is 6.27. The molecule has 0 aliphatic heterocycles. The molecule has 4 heteroatoms. The third-order valence-corrected chi connectivity index (χ3v) is 6.58. The van der Waals surface area contributed by atoms with Gasteiger partial charge in [-0.25, -0.2) is 0 Å². The van der Waals surface area contributed by atoms with Crippen LogP contribution in [0.2, 0.25) is 44.8 Å². The van der Waals surface area contributed by atoms with Gasteiger partial charge in [-0.3, -0.25) is 0 Å². The van der Waals surface area contributed by atoms with Crippen LogP contribution >= 0.6 is 0 Å². The Bertz CT molecular complexity index is 155. The number of rotatable bonds is 7. The predicted octanol–water partition coefficient (Wildman–Crippen LogP) is 2.90. The minimum atomic E-state index is -1.38. The smallest absolute Gasteiger partial charge is 0.186 e. The lowest BCUT2D eigenvalue weighted by atomic mass is 10.5. The Morgan fingerprint density at radius 3 is 2.00 bits per heavy atom. The van der Waals surface area contributed by atoms with Gasteiger partial charge in [0.05, 0.1) is 0 Å². The molecule has 0 atom stereocenters. The van der Waals surface area contributed by atoms with Gasteiger partial charge in [-0.05, 0) is 38.1 Å². The summed E-state index contributed by atoms with van der Waals surface area (Å²) < 4.78 is 6.03. The maximum atomic E-state index is 6.03. The second-order valence-electron chi connectivity index (χ2n) is 5.81. The van der Waals surface area contributed by atoms with Crippen LogP contribution in [0.15, 0.2) is 0 Å². The normalized spacial score (nSPS) is 13.3. The van der Waals surface area contributed by atoms with E-state index in [4.69, 9.17) is 10.2 Å². The quantitative estimate of drug-likeness (QED) is 0.686. The van der Waals surface area contributed by atoms with Crippen molar-refractivity contribution in [1.29, 1.82) is 0 Å². The lowest BCUT2D eigenvalue weighted by Gasteiger charge is -2.25. The topological polar surface area (TPSA) is 35.2 Å². The molecule has 0 rings (SSSR count). The first kappa shape index (κ1) is 14.4. The summed E-state index contributed by atoms with van der Waals surface area (Å²) in [6, 6.07) is 2.49. The lowest BCUT2D eigenvalue weighted by Crippen LogP contribution is -2.33. The number of hydrogen-bond donors (Lipinski definition) is 1. The third-order valence-electron chi connectivity index (χ3n) is 2.33. The molecule has 0 radical (unpaired) electrons. The zero-order valence-electron chi connectivity index (χ0n) is 10.5. The predicted molar refractivity (Wildman–Crippen MR) is 70.1 cm³/mol. The Balaban J connectivity index is 3.65. The lowest BCUT2D eigenvalue weighted by molar-refractivity contribution is 0.326. The second-order valence-corrected chi connectivity index (χ2v) is 15.7. The Hall–Kier alpha value is 0.354. The summed E-state index contributed by atoms with van der Waals surface area (Å²) >= 11 is 0. The Morgan fingerprint density at radius 1 is 1.00 bits per heavy atom. The molecule has 0 saturated carbocycles.